The highest BCUT2D eigenvalue weighted by atomic mass is 16.2. The molecule has 1 amide bonds. The number of benzene rings is 2. The third-order valence-electron chi connectivity index (χ3n) is 4.84. The van der Waals surface area contributed by atoms with Gasteiger partial charge in [-0.2, -0.15) is 0 Å². The molecule has 5 nitrogen and oxygen atoms in total. The maximum absolute atomic E-state index is 12.6. The lowest BCUT2D eigenvalue weighted by atomic mass is 10.1. The number of aromatic nitrogens is 2. The van der Waals surface area contributed by atoms with Gasteiger partial charge in [0.1, 0.15) is 6.54 Å². The molecule has 0 saturated heterocycles. The van der Waals surface area contributed by atoms with E-state index < -0.39 is 0 Å². The van der Waals surface area contributed by atoms with E-state index in [0.717, 1.165) is 18.4 Å². The smallest absolute Gasteiger partial charge is 0.261 e. The lowest BCUT2D eigenvalue weighted by Gasteiger charge is -2.15. The van der Waals surface area contributed by atoms with Crippen molar-refractivity contribution in [2.45, 2.75) is 32.4 Å². The van der Waals surface area contributed by atoms with Crippen LogP contribution in [0.3, 0.4) is 0 Å². The Labute approximate surface area is 145 Å². The molecule has 0 bridgehead atoms. The second kappa shape index (κ2) is 6.16. The third kappa shape index (κ3) is 2.82. The predicted octanol–water partition coefficient (Wildman–Crippen LogP) is 2.51. The minimum absolute atomic E-state index is 0.0195. The fraction of sp³-hybridized carbons (Fsp3) is 0.250. The number of aryl methyl sites for hydroxylation is 2. The molecule has 0 saturated carbocycles. The number of nitrogens with zero attached hydrogens (tertiary/aromatic N) is 2. The van der Waals surface area contributed by atoms with E-state index >= 15 is 0 Å². The maximum Gasteiger partial charge on any atom is 0.261 e. The first-order valence-electron chi connectivity index (χ1n) is 8.45. The number of para-hydroxylation sites is 1. The minimum Gasteiger partial charge on any atom is -0.348 e. The van der Waals surface area contributed by atoms with E-state index in [1.807, 2.05) is 31.2 Å². The van der Waals surface area contributed by atoms with E-state index in [4.69, 9.17) is 0 Å². The van der Waals surface area contributed by atoms with Crippen molar-refractivity contribution in [2.24, 2.45) is 0 Å². The van der Waals surface area contributed by atoms with Crippen molar-refractivity contribution in [1.29, 1.82) is 0 Å². The molecule has 25 heavy (non-hydrogen) atoms. The molecule has 0 spiro atoms. The van der Waals surface area contributed by atoms with Crippen molar-refractivity contribution in [1.82, 2.24) is 14.9 Å². The Morgan fingerprint density at radius 1 is 1.24 bits per heavy atom. The molecule has 3 aromatic rings. The highest BCUT2D eigenvalue weighted by Crippen LogP contribution is 2.30. The summed E-state index contributed by atoms with van der Waals surface area (Å²) in [6, 6.07) is 13.7. The zero-order valence-electron chi connectivity index (χ0n) is 14.0. The number of carbonyl (C=O) groups is 1. The molecule has 1 N–H and O–H groups in total. The molecule has 1 unspecified atom stereocenters. The first-order chi connectivity index (χ1) is 12.1. The molecule has 4 rings (SSSR count). The zero-order valence-corrected chi connectivity index (χ0v) is 14.0. The van der Waals surface area contributed by atoms with Gasteiger partial charge < -0.3 is 5.32 Å². The van der Waals surface area contributed by atoms with Crippen molar-refractivity contribution in [2.75, 3.05) is 0 Å². The van der Waals surface area contributed by atoms with Crippen LogP contribution >= 0.6 is 0 Å². The quantitative estimate of drug-likeness (QED) is 0.801. The van der Waals surface area contributed by atoms with Gasteiger partial charge >= 0.3 is 0 Å². The van der Waals surface area contributed by atoms with Crippen molar-refractivity contribution in [3.05, 3.63) is 75.8 Å². The Morgan fingerprint density at radius 2 is 2.08 bits per heavy atom. The van der Waals surface area contributed by atoms with Gasteiger partial charge in [0.05, 0.1) is 23.3 Å². The molecule has 1 aliphatic rings. The average Bonchev–Trinajstić information content (AvgIpc) is 3.01. The molecule has 1 aliphatic carbocycles. The zero-order chi connectivity index (χ0) is 17.4. The molecule has 0 radical (unpaired) electrons. The first-order valence-corrected chi connectivity index (χ1v) is 8.45. The van der Waals surface area contributed by atoms with Crippen LogP contribution in [-0.2, 0) is 17.8 Å². The summed E-state index contributed by atoms with van der Waals surface area (Å²) in [6.07, 6.45) is 3.33. The molecule has 126 valence electrons. The molecule has 1 heterocycles. The number of hydrogen-bond acceptors (Lipinski definition) is 3. The number of amides is 1. The molecule has 1 aromatic heterocycles. The Hall–Kier alpha value is -2.95. The van der Waals surface area contributed by atoms with Crippen molar-refractivity contribution in [3.8, 4) is 0 Å². The lowest BCUT2D eigenvalue weighted by molar-refractivity contribution is -0.122. The highest BCUT2D eigenvalue weighted by molar-refractivity contribution is 5.81. The molecular weight excluding hydrogens is 314 g/mol. The van der Waals surface area contributed by atoms with Gasteiger partial charge in [-0.1, -0.05) is 36.4 Å². The van der Waals surface area contributed by atoms with Gasteiger partial charge in [-0.3, -0.25) is 14.2 Å². The van der Waals surface area contributed by atoms with Gasteiger partial charge in [-0.25, -0.2) is 4.98 Å². The number of nitrogens with one attached hydrogen (secondary N) is 1. The van der Waals surface area contributed by atoms with Crippen LogP contribution in [0.1, 0.15) is 29.2 Å². The molecule has 0 fully saturated rings. The predicted molar refractivity (Wildman–Crippen MR) is 96.4 cm³/mol. The Bertz CT molecular complexity index is 1020. The fourth-order valence-electron chi connectivity index (χ4n) is 3.55. The number of fused-ring (bicyclic) bond motifs is 2. The van der Waals surface area contributed by atoms with E-state index in [2.05, 4.69) is 22.4 Å². The highest BCUT2D eigenvalue weighted by Gasteiger charge is 2.23. The standard InChI is InChI=1S/C20H19N3O2/c1-13-5-4-8-16-19(13)21-12-23(20(16)25)11-18(24)22-17-10-9-14-6-2-3-7-15(14)17/h2-8,12,17H,9-11H2,1H3,(H,22,24). The average molecular weight is 333 g/mol. The molecule has 0 aliphatic heterocycles. The Balaban J connectivity index is 1.55. The van der Waals surface area contributed by atoms with Crippen LogP contribution in [-0.4, -0.2) is 15.5 Å². The van der Waals surface area contributed by atoms with Gasteiger partial charge in [-0.15, -0.1) is 0 Å². The fourth-order valence-corrected chi connectivity index (χ4v) is 3.55. The van der Waals surface area contributed by atoms with Crippen LogP contribution in [0.15, 0.2) is 53.6 Å². The number of rotatable bonds is 3. The third-order valence-corrected chi connectivity index (χ3v) is 4.84. The Kier molecular flexibility index (Phi) is 3.84. The van der Waals surface area contributed by atoms with E-state index in [1.54, 1.807) is 6.07 Å². The van der Waals surface area contributed by atoms with Crippen molar-refractivity contribution < 1.29 is 4.79 Å². The second-order valence-corrected chi connectivity index (χ2v) is 6.51. The molecule has 2 aromatic carbocycles. The van der Waals surface area contributed by atoms with Crippen LogP contribution < -0.4 is 10.9 Å². The summed E-state index contributed by atoms with van der Waals surface area (Å²) in [6.45, 7) is 1.90. The van der Waals surface area contributed by atoms with Crippen LogP contribution in [0.5, 0.6) is 0 Å². The topological polar surface area (TPSA) is 64.0 Å². The second-order valence-electron chi connectivity index (χ2n) is 6.51. The lowest BCUT2D eigenvalue weighted by Crippen LogP contribution is -2.34. The van der Waals surface area contributed by atoms with E-state index in [1.165, 1.54) is 22.0 Å². The first kappa shape index (κ1) is 15.6. The minimum atomic E-state index is -0.185. The monoisotopic (exact) mass is 333 g/mol. The van der Waals surface area contributed by atoms with E-state index in [9.17, 15) is 9.59 Å². The summed E-state index contributed by atoms with van der Waals surface area (Å²) in [7, 11) is 0. The van der Waals surface area contributed by atoms with Gasteiger partial charge in [0, 0.05) is 0 Å². The van der Waals surface area contributed by atoms with E-state index in [-0.39, 0.29) is 24.1 Å². The van der Waals surface area contributed by atoms with Gasteiger partial charge in [0.2, 0.25) is 5.91 Å². The van der Waals surface area contributed by atoms with Gasteiger partial charge in [-0.05, 0) is 42.5 Å². The van der Waals surface area contributed by atoms with Crippen LogP contribution in [0, 0.1) is 6.92 Å². The number of carbonyl (C=O) groups excluding carboxylic acids is 1. The Morgan fingerprint density at radius 3 is 2.96 bits per heavy atom. The summed E-state index contributed by atoms with van der Waals surface area (Å²) in [5.41, 5.74) is 3.92. The summed E-state index contributed by atoms with van der Waals surface area (Å²) in [5, 5.41) is 3.59. The SMILES string of the molecule is Cc1cccc2c(=O)n(CC(=O)NC3CCc4ccccc43)cnc12. The molecule has 5 heteroatoms. The molecular formula is C20H19N3O2. The van der Waals surface area contributed by atoms with Crippen molar-refractivity contribution >= 4 is 16.8 Å². The molecule has 1 atom stereocenters. The van der Waals surface area contributed by atoms with Crippen LogP contribution in [0.4, 0.5) is 0 Å². The van der Waals surface area contributed by atoms with Crippen LogP contribution in [0.2, 0.25) is 0 Å². The van der Waals surface area contributed by atoms with Crippen LogP contribution in [0.25, 0.3) is 10.9 Å². The summed E-state index contributed by atoms with van der Waals surface area (Å²) in [5.74, 6) is -0.169. The van der Waals surface area contributed by atoms with Gasteiger partial charge in [0.25, 0.3) is 5.56 Å². The number of hydrogen-bond donors (Lipinski definition) is 1. The maximum atomic E-state index is 12.6. The summed E-state index contributed by atoms with van der Waals surface area (Å²) >= 11 is 0. The normalized spacial score (nSPS) is 16.0. The summed E-state index contributed by atoms with van der Waals surface area (Å²) < 4.78 is 1.37. The van der Waals surface area contributed by atoms with Crippen molar-refractivity contribution in [3.63, 3.8) is 0 Å². The summed E-state index contributed by atoms with van der Waals surface area (Å²) in [4.78, 5) is 29.4. The largest absolute Gasteiger partial charge is 0.348 e. The van der Waals surface area contributed by atoms with E-state index in [0.29, 0.717) is 10.9 Å². The van der Waals surface area contributed by atoms with Gasteiger partial charge in [0.15, 0.2) is 0 Å².